The second-order valence-electron chi connectivity index (χ2n) is 2.88. The second kappa shape index (κ2) is 3.28. The monoisotopic (exact) mass is 214 g/mol. The van der Waals surface area contributed by atoms with E-state index in [-0.39, 0.29) is 5.82 Å². The van der Waals surface area contributed by atoms with Crippen molar-refractivity contribution in [2.75, 3.05) is 0 Å². The molecule has 0 nitrogen and oxygen atoms in total. The van der Waals surface area contributed by atoms with Gasteiger partial charge in [-0.3, -0.25) is 0 Å². The predicted octanol–water partition coefficient (Wildman–Crippen LogP) is 4.26. The van der Waals surface area contributed by atoms with Gasteiger partial charge in [-0.2, -0.15) is 0 Å². The van der Waals surface area contributed by atoms with E-state index in [0.717, 1.165) is 16.5 Å². The molecule has 3 heteroatoms. The van der Waals surface area contributed by atoms with E-state index >= 15 is 0 Å². The summed E-state index contributed by atoms with van der Waals surface area (Å²) < 4.78 is 14.0. The molecule has 0 radical (unpaired) electrons. The van der Waals surface area contributed by atoms with E-state index in [1.807, 2.05) is 5.38 Å². The summed E-state index contributed by atoms with van der Waals surface area (Å²) >= 11 is 7.48. The molecule has 0 unspecified atom stereocenters. The summed E-state index contributed by atoms with van der Waals surface area (Å²) in [4.78, 5) is 0. The largest absolute Gasteiger partial charge is 0.207 e. The third-order valence-corrected chi connectivity index (χ3v) is 3.54. The maximum Gasteiger partial charge on any atom is 0.125 e. The van der Waals surface area contributed by atoms with Gasteiger partial charge in [-0.15, -0.1) is 11.3 Å². The van der Waals surface area contributed by atoms with Gasteiger partial charge in [-0.1, -0.05) is 18.5 Å². The summed E-state index contributed by atoms with van der Waals surface area (Å²) in [7, 11) is 0. The molecule has 0 aliphatic heterocycles. The fourth-order valence-corrected chi connectivity index (χ4v) is 2.77. The lowest BCUT2D eigenvalue weighted by atomic mass is 10.1. The summed E-state index contributed by atoms with van der Waals surface area (Å²) in [6.45, 7) is 2.06. The van der Waals surface area contributed by atoms with Gasteiger partial charge in [-0.05, 0) is 29.5 Å². The first-order chi connectivity index (χ1) is 6.22. The Kier molecular flexibility index (Phi) is 2.26. The molecule has 0 saturated carbocycles. The van der Waals surface area contributed by atoms with Crippen molar-refractivity contribution in [1.29, 1.82) is 0 Å². The Bertz CT molecular complexity index is 447. The number of fused-ring (bicyclic) bond motifs is 1. The molecule has 2 rings (SSSR count). The molecule has 0 spiro atoms. The van der Waals surface area contributed by atoms with Crippen molar-refractivity contribution in [2.45, 2.75) is 13.3 Å². The van der Waals surface area contributed by atoms with Crippen LogP contribution in [0.1, 0.15) is 12.5 Å². The summed E-state index contributed by atoms with van der Waals surface area (Å²) in [5, 5.41) is 3.51. The summed E-state index contributed by atoms with van der Waals surface area (Å²) in [5.41, 5.74) is 1.17. The Balaban J connectivity index is 2.82. The van der Waals surface area contributed by atoms with Crippen molar-refractivity contribution in [2.24, 2.45) is 0 Å². The molecule has 2 aromatic rings. The number of hydrogen-bond acceptors (Lipinski definition) is 1. The van der Waals surface area contributed by atoms with Gasteiger partial charge in [-0.25, -0.2) is 4.39 Å². The summed E-state index contributed by atoms with van der Waals surface area (Å²) in [6, 6.07) is 2.91. The van der Waals surface area contributed by atoms with Crippen molar-refractivity contribution in [3.05, 3.63) is 33.9 Å². The Morgan fingerprint density at radius 3 is 2.92 bits per heavy atom. The van der Waals surface area contributed by atoms with Crippen LogP contribution in [0.25, 0.3) is 10.1 Å². The highest BCUT2D eigenvalue weighted by atomic mass is 35.5. The van der Waals surface area contributed by atoms with Gasteiger partial charge in [0.1, 0.15) is 5.82 Å². The molecule has 0 fully saturated rings. The van der Waals surface area contributed by atoms with Crippen molar-refractivity contribution >= 4 is 33.0 Å². The van der Waals surface area contributed by atoms with E-state index in [4.69, 9.17) is 11.6 Å². The normalized spacial score (nSPS) is 11.0. The highest BCUT2D eigenvalue weighted by molar-refractivity contribution is 7.18. The Morgan fingerprint density at radius 2 is 2.23 bits per heavy atom. The van der Waals surface area contributed by atoms with Gasteiger partial charge in [0.05, 0.1) is 9.72 Å². The lowest BCUT2D eigenvalue weighted by Gasteiger charge is -1.96. The van der Waals surface area contributed by atoms with Crippen LogP contribution in [0.15, 0.2) is 17.5 Å². The lowest BCUT2D eigenvalue weighted by Crippen LogP contribution is -1.78. The molecular weight excluding hydrogens is 207 g/mol. The van der Waals surface area contributed by atoms with Gasteiger partial charge < -0.3 is 0 Å². The minimum atomic E-state index is -0.259. The molecule has 0 aliphatic rings. The Morgan fingerprint density at radius 1 is 1.46 bits per heavy atom. The quantitative estimate of drug-likeness (QED) is 0.666. The van der Waals surface area contributed by atoms with Gasteiger partial charge in [0, 0.05) is 5.39 Å². The van der Waals surface area contributed by atoms with Crippen molar-refractivity contribution < 1.29 is 4.39 Å². The smallest absolute Gasteiger partial charge is 0.125 e. The van der Waals surface area contributed by atoms with Crippen LogP contribution in [0.5, 0.6) is 0 Å². The topological polar surface area (TPSA) is 0 Å². The average Bonchev–Trinajstić information content (AvgIpc) is 2.47. The summed E-state index contributed by atoms with van der Waals surface area (Å²) in [6.07, 6.45) is 0.916. The van der Waals surface area contributed by atoms with Crippen molar-refractivity contribution in [1.82, 2.24) is 0 Å². The Labute approximate surface area is 85.0 Å². The minimum Gasteiger partial charge on any atom is -0.207 e. The zero-order chi connectivity index (χ0) is 9.42. The third-order valence-electron chi connectivity index (χ3n) is 2.05. The number of thiophene rings is 1. The molecule has 1 aromatic carbocycles. The molecule has 0 saturated heterocycles. The first kappa shape index (κ1) is 8.97. The minimum absolute atomic E-state index is 0.259. The van der Waals surface area contributed by atoms with Crippen molar-refractivity contribution in [3.63, 3.8) is 0 Å². The molecule has 0 bridgehead atoms. The van der Waals surface area contributed by atoms with Gasteiger partial charge in [0.2, 0.25) is 0 Å². The lowest BCUT2D eigenvalue weighted by molar-refractivity contribution is 0.630. The molecule has 0 atom stereocenters. The zero-order valence-corrected chi connectivity index (χ0v) is 8.68. The van der Waals surface area contributed by atoms with E-state index < -0.39 is 0 Å². The standard InChI is InChI=1S/C10H8ClFS/c1-2-6-5-13-10-8(6)3-7(12)4-9(10)11/h3-5H,2H2,1H3. The number of hydrogen-bond donors (Lipinski definition) is 0. The molecule has 0 amide bonds. The van der Waals surface area contributed by atoms with E-state index in [2.05, 4.69) is 6.92 Å². The van der Waals surface area contributed by atoms with E-state index in [9.17, 15) is 4.39 Å². The molecule has 1 aromatic heterocycles. The highest BCUT2D eigenvalue weighted by Crippen LogP contribution is 2.33. The van der Waals surface area contributed by atoms with Gasteiger partial charge >= 0.3 is 0 Å². The maximum absolute atomic E-state index is 13.0. The second-order valence-corrected chi connectivity index (χ2v) is 4.17. The first-order valence-corrected chi connectivity index (χ1v) is 5.33. The zero-order valence-electron chi connectivity index (χ0n) is 7.10. The van der Waals surface area contributed by atoms with Crippen LogP contribution in [-0.4, -0.2) is 0 Å². The van der Waals surface area contributed by atoms with Crippen molar-refractivity contribution in [3.8, 4) is 0 Å². The molecule has 1 heterocycles. The third kappa shape index (κ3) is 1.45. The number of halogens is 2. The van der Waals surface area contributed by atoms with Crippen LogP contribution in [0.2, 0.25) is 5.02 Å². The fourth-order valence-electron chi connectivity index (χ4n) is 1.39. The average molecular weight is 215 g/mol. The van der Waals surface area contributed by atoms with E-state index in [1.54, 1.807) is 17.4 Å². The number of aryl methyl sites for hydroxylation is 1. The maximum atomic E-state index is 13.0. The highest BCUT2D eigenvalue weighted by Gasteiger charge is 2.07. The van der Waals surface area contributed by atoms with Crippen LogP contribution in [0, 0.1) is 5.82 Å². The molecule has 13 heavy (non-hydrogen) atoms. The molecule has 0 N–H and O–H groups in total. The SMILES string of the molecule is CCc1csc2c(Cl)cc(F)cc12. The summed E-state index contributed by atoms with van der Waals surface area (Å²) in [5.74, 6) is -0.259. The van der Waals surface area contributed by atoms with E-state index in [1.165, 1.54) is 11.6 Å². The van der Waals surface area contributed by atoms with Crippen LogP contribution in [-0.2, 0) is 6.42 Å². The van der Waals surface area contributed by atoms with E-state index in [0.29, 0.717) is 5.02 Å². The van der Waals surface area contributed by atoms with Crippen LogP contribution >= 0.6 is 22.9 Å². The Hall–Kier alpha value is -0.600. The molecule has 0 aliphatic carbocycles. The van der Waals surface area contributed by atoms with Gasteiger partial charge in [0.15, 0.2) is 0 Å². The molecule has 68 valence electrons. The number of rotatable bonds is 1. The van der Waals surface area contributed by atoms with Crippen LogP contribution < -0.4 is 0 Å². The first-order valence-electron chi connectivity index (χ1n) is 4.07. The van der Waals surface area contributed by atoms with Gasteiger partial charge in [0.25, 0.3) is 0 Å². The molecular formula is C10H8ClFS. The number of benzene rings is 1. The van der Waals surface area contributed by atoms with Crippen LogP contribution in [0.4, 0.5) is 4.39 Å². The predicted molar refractivity (Wildman–Crippen MR) is 56.2 cm³/mol. The fraction of sp³-hybridized carbons (Fsp3) is 0.200. The van der Waals surface area contributed by atoms with Crippen LogP contribution in [0.3, 0.4) is 0 Å².